The van der Waals surface area contributed by atoms with Crippen molar-refractivity contribution >= 4 is 17.3 Å². The van der Waals surface area contributed by atoms with E-state index >= 15 is 0 Å². The Hall–Kier alpha value is -1.92. The molecule has 0 amide bonds. The third-order valence-corrected chi connectivity index (χ3v) is 3.48. The number of ether oxygens (including phenoxy) is 1. The monoisotopic (exact) mass is 265 g/mol. The van der Waals surface area contributed by atoms with Crippen LogP contribution in [0, 0.1) is 0 Å². The molecule has 94 valence electrons. The number of aromatic carboxylic acids is 1. The lowest BCUT2D eigenvalue weighted by Crippen LogP contribution is -2.06. The molecule has 2 N–H and O–H groups in total. The first-order valence-electron chi connectivity index (χ1n) is 5.11. The molecule has 0 spiro atoms. The molecular formula is C12H11NO4S. The Morgan fingerprint density at radius 2 is 2.33 bits per heavy atom. The first-order valence-corrected chi connectivity index (χ1v) is 5.99. The van der Waals surface area contributed by atoms with Crippen molar-refractivity contribution in [2.75, 3.05) is 7.11 Å². The molecular weight excluding hydrogens is 254 g/mol. The minimum absolute atomic E-state index is 0.00106. The van der Waals surface area contributed by atoms with E-state index in [2.05, 4.69) is 4.98 Å². The summed E-state index contributed by atoms with van der Waals surface area (Å²) in [7, 11) is 1.40. The Balaban J connectivity index is 2.45. The average molecular weight is 265 g/mol. The molecule has 2 aromatic heterocycles. The van der Waals surface area contributed by atoms with Gasteiger partial charge in [-0.2, -0.15) is 0 Å². The average Bonchev–Trinajstić information content (AvgIpc) is 2.82. The van der Waals surface area contributed by atoms with Crippen LogP contribution in [0.4, 0.5) is 0 Å². The van der Waals surface area contributed by atoms with Gasteiger partial charge in [-0.1, -0.05) is 6.07 Å². The fourth-order valence-corrected chi connectivity index (χ4v) is 2.63. The summed E-state index contributed by atoms with van der Waals surface area (Å²) in [6, 6.07) is 3.37. The number of carboxylic acids is 1. The molecule has 5 nitrogen and oxygen atoms in total. The quantitative estimate of drug-likeness (QED) is 0.883. The minimum Gasteiger partial charge on any atom is -0.495 e. The van der Waals surface area contributed by atoms with Crippen LogP contribution in [0.25, 0.3) is 0 Å². The van der Waals surface area contributed by atoms with Crippen LogP contribution in [0.2, 0.25) is 0 Å². The number of aliphatic hydroxyl groups is 1. The van der Waals surface area contributed by atoms with E-state index in [0.29, 0.717) is 10.4 Å². The molecule has 0 radical (unpaired) electrons. The van der Waals surface area contributed by atoms with Crippen molar-refractivity contribution in [2.45, 2.75) is 6.10 Å². The Morgan fingerprint density at radius 1 is 1.56 bits per heavy atom. The second-order valence-corrected chi connectivity index (χ2v) is 4.45. The molecule has 0 aliphatic heterocycles. The Labute approximate surface area is 107 Å². The lowest BCUT2D eigenvalue weighted by atomic mass is 10.1. The van der Waals surface area contributed by atoms with Crippen LogP contribution in [0.15, 0.2) is 29.9 Å². The summed E-state index contributed by atoms with van der Waals surface area (Å²) in [5.41, 5.74) is 0.545. The molecule has 1 unspecified atom stereocenters. The van der Waals surface area contributed by atoms with Gasteiger partial charge in [-0.3, -0.25) is 4.98 Å². The summed E-state index contributed by atoms with van der Waals surface area (Å²) in [6.07, 6.45) is 2.07. The number of carboxylic acid groups (broad SMARTS) is 1. The fourth-order valence-electron chi connectivity index (χ4n) is 1.61. The number of aliphatic hydroxyl groups excluding tert-OH is 1. The number of pyridine rings is 1. The van der Waals surface area contributed by atoms with Gasteiger partial charge in [-0.25, -0.2) is 4.79 Å². The van der Waals surface area contributed by atoms with Crippen LogP contribution >= 0.6 is 11.3 Å². The van der Waals surface area contributed by atoms with E-state index in [-0.39, 0.29) is 11.3 Å². The highest BCUT2D eigenvalue weighted by Gasteiger charge is 2.25. The van der Waals surface area contributed by atoms with Crippen molar-refractivity contribution in [2.24, 2.45) is 0 Å². The molecule has 0 aromatic carbocycles. The van der Waals surface area contributed by atoms with E-state index in [9.17, 15) is 9.90 Å². The first-order chi connectivity index (χ1) is 8.65. The van der Waals surface area contributed by atoms with Crippen LogP contribution in [-0.4, -0.2) is 28.3 Å². The van der Waals surface area contributed by atoms with Gasteiger partial charge in [0.1, 0.15) is 17.4 Å². The predicted octanol–water partition coefficient (Wildman–Crippen LogP) is 1.93. The molecule has 0 aliphatic rings. The zero-order chi connectivity index (χ0) is 13.1. The van der Waals surface area contributed by atoms with Gasteiger partial charge in [0.15, 0.2) is 0 Å². The zero-order valence-electron chi connectivity index (χ0n) is 9.53. The maximum atomic E-state index is 11.2. The van der Waals surface area contributed by atoms with Crippen molar-refractivity contribution in [1.82, 2.24) is 4.98 Å². The number of nitrogens with zero attached hydrogens (tertiary/aromatic N) is 1. The van der Waals surface area contributed by atoms with Gasteiger partial charge in [0.05, 0.1) is 12.0 Å². The van der Waals surface area contributed by atoms with Crippen LogP contribution in [0.1, 0.15) is 26.9 Å². The highest BCUT2D eigenvalue weighted by atomic mass is 32.1. The molecule has 0 aliphatic carbocycles. The van der Waals surface area contributed by atoms with E-state index in [1.165, 1.54) is 13.3 Å². The number of aromatic nitrogens is 1. The van der Waals surface area contributed by atoms with Gasteiger partial charge in [-0.05, 0) is 6.07 Å². The van der Waals surface area contributed by atoms with Crippen molar-refractivity contribution in [1.29, 1.82) is 0 Å². The third kappa shape index (κ3) is 2.20. The summed E-state index contributed by atoms with van der Waals surface area (Å²) in [5, 5.41) is 20.9. The molecule has 6 heteroatoms. The van der Waals surface area contributed by atoms with E-state index in [1.807, 2.05) is 0 Å². The zero-order valence-corrected chi connectivity index (χ0v) is 10.3. The SMILES string of the molecule is COc1csc(C(O)c2cccnc2)c1C(=O)O. The van der Waals surface area contributed by atoms with Crippen molar-refractivity contribution in [3.8, 4) is 5.75 Å². The normalized spacial score (nSPS) is 12.1. The highest BCUT2D eigenvalue weighted by molar-refractivity contribution is 7.10. The van der Waals surface area contributed by atoms with Crippen LogP contribution < -0.4 is 4.74 Å². The molecule has 0 fully saturated rings. The minimum atomic E-state index is -1.12. The smallest absolute Gasteiger partial charge is 0.340 e. The standard InChI is InChI=1S/C12H11NO4S/c1-17-8-6-18-11(9(8)12(15)16)10(14)7-3-2-4-13-5-7/h2-6,10,14H,1H3,(H,15,16). The molecule has 0 saturated heterocycles. The van der Waals surface area contributed by atoms with Gasteiger partial charge >= 0.3 is 5.97 Å². The molecule has 1 atom stereocenters. The molecule has 18 heavy (non-hydrogen) atoms. The second kappa shape index (κ2) is 5.16. The van der Waals surface area contributed by atoms with Gasteiger partial charge in [0.2, 0.25) is 0 Å². The largest absolute Gasteiger partial charge is 0.495 e. The summed E-state index contributed by atoms with van der Waals surface area (Å²) >= 11 is 1.15. The maximum Gasteiger partial charge on any atom is 0.340 e. The number of carbonyl (C=O) groups is 1. The van der Waals surface area contributed by atoms with Gasteiger partial charge in [0.25, 0.3) is 0 Å². The van der Waals surface area contributed by atoms with Crippen LogP contribution in [-0.2, 0) is 0 Å². The molecule has 2 heterocycles. The van der Waals surface area contributed by atoms with Crippen molar-refractivity contribution in [3.05, 3.63) is 45.9 Å². The van der Waals surface area contributed by atoms with Gasteiger partial charge in [-0.15, -0.1) is 11.3 Å². The van der Waals surface area contributed by atoms with E-state index in [1.54, 1.807) is 23.7 Å². The molecule has 0 saturated carbocycles. The Morgan fingerprint density at radius 3 is 2.89 bits per heavy atom. The summed E-state index contributed by atoms with van der Waals surface area (Å²) < 4.78 is 4.98. The maximum absolute atomic E-state index is 11.2. The number of hydrogen-bond acceptors (Lipinski definition) is 5. The van der Waals surface area contributed by atoms with Crippen molar-refractivity contribution in [3.63, 3.8) is 0 Å². The van der Waals surface area contributed by atoms with E-state index < -0.39 is 12.1 Å². The molecule has 0 bridgehead atoms. The number of methoxy groups -OCH3 is 1. The summed E-state index contributed by atoms with van der Waals surface area (Å²) in [4.78, 5) is 15.4. The summed E-state index contributed by atoms with van der Waals surface area (Å²) in [6.45, 7) is 0. The van der Waals surface area contributed by atoms with Crippen LogP contribution in [0.3, 0.4) is 0 Å². The Kier molecular flexibility index (Phi) is 3.59. The van der Waals surface area contributed by atoms with E-state index in [4.69, 9.17) is 9.84 Å². The van der Waals surface area contributed by atoms with Crippen molar-refractivity contribution < 1.29 is 19.7 Å². The second-order valence-electron chi connectivity index (χ2n) is 3.54. The third-order valence-electron chi connectivity index (χ3n) is 2.47. The van der Waals surface area contributed by atoms with Crippen LogP contribution in [0.5, 0.6) is 5.75 Å². The number of rotatable bonds is 4. The Bertz CT molecular complexity index is 552. The predicted molar refractivity (Wildman–Crippen MR) is 66.1 cm³/mol. The summed E-state index contributed by atoms with van der Waals surface area (Å²) in [5.74, 6) is -0.864. The topological polar surface area (TPSA) is 79.7 Å². The van der Waals surface area contributed by atoms with Gasteiger partial charge < -0.3 is 14.9 Å². The lowest BCUT2D eigenvalue weighted by Gasteiger charge is -2.10. The fraction of sp³-hybridized carbons (Fsp3) is 0.167. The number of hydrogen-bond donors (Lipinski definition) is 2. The van der Waals surface area contributed by atoms with E-state index in [0.717, 1.165) is 11.3 Å². The van der Waals surface area contributed by atoms with Gasteiger partial charge in [0, 0.05) is 23.3 Å². The lowest BCUT2D eigenvalue weighted by molar-refractivity contribution is 0.0689. The molecule has 2 rings (SSSR count). The molecule has 2 aromatic rings. The number of thiophene rings is 1. The highest BCUT2D eigenvalue weighted by Crippen LogP contribution is 2.36. The first kappa shape index (κ1) is 12.5.